The Morgan fingerprint density at radius 1 is 1.15 bits per heavy atom. The third-order valence-corrected chi connectivity index (χ3v) is 3.88. The third kappa shape index (κ3) is 2.86. The van der Waals surface area contributed by atoms with Crippen molar-refractivity contribution in [3.05, 3.63) is 71.6 Å². The molecular weight excluding hydrogens is 271 g/mol. The molecule has 0 aliphatic rings. The highest BCUT2D eigenvalue weighted by atomic mass is 32.1. The van der Waals surface area contributed by atoms with Crippen molar-refractivity contribution in [2.45, 2.75) is 6.54 Å². The number of anilines is 1. The standard InChI is InChI=1S/C16H13FN2S/c17-15-6-5-12(9-14(15)16-4-2-8-20-16)10-19-13-3-1-7-18-11-13/h1-9,11,19H,10H2. The number of thiophene rings is 1. The minimum atomic E-state index is -0.183. The first-order chi connectivity index (χ1) is 9.83. The molecule has 100 valence electrons. The first kappa shape index (κ1) is 12.8. The SMILES string of the molecule is Fc1ccc(CNc2cccnc2)cc1-c1cccs1. The fourth-order valence-corrected chi connectivity index (χ4v) is 2.72. The fraction of sp³-hybridized carbons (Fsp3) is 0.0625. The zero-order chi connectivity index (χ0) is 13.8. The highest BCUT2D eigenvalue weighted by Crippen LogP contribution is 2.28. The maximum absolute atomic E-state index is 13.9. The summed E-state index contributed by atoms with van der Waals surface area (Å²) >= 11 is 1.54. The van der Waals surface area contributed by atoms with Crippen LogP contribution in [-0.4, -0.2) is 4.98 Å². The summed E-state index contributed by atoms with van der Waals surface area (Å²) in [4.78, 5) is 5.00. The lowest BCUT2D eigenvalue weighted by Crippen LogP contribution is -2.00. The number of pyridine rings is 1. The molecule has 0 unspecified atom stereocenters. The van der Waals surface area contributed by atoms with Crippen LogP contribution >= 0.6 is 11.3 Å². The van der Waals surface area contributed by atoms with Crippen molar-refractivity contribution >= 4 is 17.0 Å². The number of nitrogens with one attached hydrogen (secondary N) is 1. The number of rotatable bonds is 4. The quantitative estimate of drug-likeness (QED) is 0.759. The molecule has 0 saturated carbocycles. The Kier molecular flexibility index (Phi) is 3.74. The molecule has 4 heteroatoms. The molecule has 0 saturated heterocycles. The molecule has 0 spiro atoms. The molecule has 1 aromatic carbocycles. The number of aromatic nitrogens is 1. The van der Waals surface area contributed by atoms with E-state index in [9.17, 15) is 4.39 Å². The smallest absolute Gasteiger partial charge is 0.131 e. The van der Waals surface area contributed by atoms with Gasteiger partial charge in [0, 0.05) is 29.4 Å². The van der Waals surface area contributed by atoms with Crippen molar-refractivity contribution < 1.29 is 4.39 Å². The summed E-state index contributed by atoms with van der Waals surface area (Å²) in [5.41, 5.74) is 2.65. The molecule has 3 rings (SSSR count). The van der Waals surface area contributed by atoms with E-state index in [0.29, 0.717) is 12.1 Å². The fourth-order valence-electron chi connectivity index (χ4n) is 1.97. The van der Waals surface area contributed by atoms with E-state index in [1.807, 2.05) is 35.7 Å². The van der Waals surface area contributed by atoms with Gasteiger partial charge in [-0.1, -0.05) is 12.1 Å². The number of benzene rings is 1. The molecule has 20 heavy (non-hydrogen) atoms. The van der Waals surface area contributed by atoms with Gasteiger partial charge in [-0.05, 0) is 41.3 Å². The van der Waals surface area contributed by atoms with Crippen LogP contribution in [0.25, 0.3) is 10.4 Å². The van der Waals surface area contributed by atoms with Crippen LogP contribution in [0.15, 0.2) is 60.2 Å². The van der Waals surface area contributed by atoms with E-state index in [2.05, 4.69) is 10.3 Å². The van der Waals surface area contributed by atoms with Crippen molar-refractivity contribution in [3.63, 3.8) is 0 Å². The van der Waals surface area contributed by atoms with Gasteiger partial charge in [-0.25, -0.2) is 4.39 Å². The number of nitrogens with zero attached hydrogens (tertiary/aromatic N) is 1. The van der Waals surface area contributed by atoms with Crippen molar-refractivity contribution in [2.24, 2.45) is 0 Å². The predicted molar refractivity (Wildman–Crippen MR) is 81.3 cm³/mol. The Hall–Kier alpha value is -2.20. The first-order valence-electron chi connectivity index (χ1n) is 6.29. The van der Waals surface area contributed by atoms with Gasteiger partial charge in [0.25, 0.3) is 0 Å². The van der Waals surface area contributed by atoms with Gasteiger partial charge in [-0.2, -0.15) is 0 Å². The van der Waals surface area contributed by atoms with E-state index in [-0.39, 0.29) is 5.82 Å². The Balaban J connectivity index is 1.79. The molecule has 0 aliphatic carbocycles. The lowest BCUT2D eigenvalue weighted by Gasteiger charge is -2.08. The molecule has 0 bridgehead atoms. The number of hydrogen-bond donors (Lipinski definition) is 1. The average Bonchev–Trinajstić information content (AvgIpc) is 3.01. The first-order valence-corrected chi connectivity index (χ1v) is 7.17. The summed E-state index contributed by atoms with van der Waals surface area (Å²) in [5.74, 6) is -0.183. The summed E-state index contributed by atoms with van der Waals surface area (Å²) in [5, 5.41) is 5.23. The van der Waals surface area contributed by atoms with E-state index >= 15 is 0 Å². The summed E-state index contributed by atoms with van der Waals surface area (Å²) in [6.45, 7) is 0.643. The van der Waals surface area contributed by atoms with Crippen molar-refractivity contribution in [3.8, 4) is 10.4 Å². The minimum Gasteiger partial charge on any atom is -0.380 e. The Morgan fingerprint density at radius 2 is 2.10 bits per heavy atom. The van der Waals surface area contributed by atoms with Crippen LogP contribution in [0.5, 0.6) is 0 Å². The molecular formula is C16H13FN2S. The summed E-state index contributed by atoms with van der Waals surface area (Å²) in [6, 6.07) is 12.9. The molecule has 0 fully saturated rings. The molecule has 0 aliphatic heterocycles. The predicted octanol–water partition coefficient (Wildman–Crippen LogP) is 4.56. The van der Waals surface area contributed by atoms with Gasteiger partial charge in [0.1, 0.15) is 5.82 Å². The highest BCUT2D eigenvalue weighted by molar-refractivity contribution is 7.13. The minimum absolute atomic E-state index is 0.183. The second-order valence-corrected chi connectivity index (χ2v) is 5.33. The Morgan fingerprint density at radius 3 is 2.85 bits per heavy atom. The van der Waals surface area contributed by atoms with Gasteiger partial charge in [-0.3, -0.25) is 4.98 Å². The van der Waals surface area contributed by atoms with Gasteiger partial charge < -0.3 is 5.32 Å². The topological polar surface area (TPSA) is 24.9 Å². The van der Waals surface area contributed by atoms with Crippen LogP contribution in [0, 0.1) is 5.82 Å². The van der Waals surface area contributed by atoms with Crippen molar-refractivity contribution in [1.82, 2.24) is 4.98 Å². The van der Waals surface area contributed by atoms with E-state index < -0.39 is 0 Å². The molecule has 0 radical (unpaired) electrons. The molecule has 2 nitrogen and oxygen atoms in total. The van der Waals surface area contributed by atoms with Crippen LogP contribution < -0.4 is 5.32 Å². The van der Waals surface area contributed by atoms with Crippen LogP contribution in [0.1, 0.15) is 5.56 Å². The monoisotopic (exact) mass is 284 g/mol. The van der Waals surface area contributed by atoms with Gasteiger partial charge in [0.15, 0.2) is 0 Å². The molecule has 1 N–H and O–H groups in total. The van der Waals surface area contributed by atoms with Crippen molar-refractivity contribution in [2.75, 3.05) is 5.32 Å². The van der Waals surface area contributed by atoms with Crippen LogP contribution in [0.2, 0.25) is 0 Å². The zero-order valence-electron chi connectivity index (χ0n) is 10.7. The normalized spacial score (nSPS) is 10.4. The largest absolute Gasteiger partial charge is 0.380 e. The van der Waals surface area contributed by atoms with Crippen LogP contribution in [0.4, 0.5) is 10.1 Å². The highest BCUT2D eigenvalue weighted by Gasteiger charge is 2.07. The molecule has 0 atom stereocenters. The van der Waals surface area contributed by atoms with Crippen LogP contribution in [0.3, 0.4) is 0 Å². The van der Waals surface area contributed by atoms with E-state index in [4.69, 9.17) is 0 Å². The molecule has 0 amide bonds. The van der Waals surface area contributed by atoms with E-state index in [1.165, 1.54) is 6.07 Å². The summed E-state index contributed by atoms with van der Waals surface area (Å²) in [7, 11) is 0. The van der Waals surface area contributed by atoms with Gasteiger partial charge in [0.2, 0.25) is 0 Å². The molecule has 2 heterocycles. The molecule has 3 aromatic rings. The average molecular weight is 284 g/mol. The Bertz CT molecular complexity index is 681. The van der Waals surface area contributed by atoms with Crippen LogP contribution in [-0.2, 0) is 6.54 Å². The maximum atomic E-state index is 13.9. The second-order valence-electron chi connectivity index (χ2n) is 4.39. The van der Waals surface area contributed by atoms with Gasteiger partial charge in [0.05, 0.1) is 5.69 Å². The molecule has 2 aromatic heterocycles. The lowest BCUT2D eigenvalue weighted by atomic mass is 10.1. The van der Waals surface area contributed by atoms with Crippen molar-refractivity contribution in [1.29, 1.82) is 0 Å². The zero-order valence-corrected chi connectivity index (χ0v) is 11.5. The van der Waals surface area contributed by atoms with E-state index in [0.717, 1.165) is 16.1 Å². The second kappa shape index (κ2) is 5.84. The van der Waals surface area contributed by atoms with E-state index in [1.54, 1.807) is 29.8 Å². The van der Waals surface area contributed by atoms with Gasteiger partial charge in [-0.15, -0.1) is 11.3 Å². The number of hydrogen-bond acceptors (Lipinski definition) is 3. The lowest BCUT2D eigenvalue weighted by molar-refractivity contribution is 0.631. The third-order valence-electron chi connectivity index (χ3n) is 2.98. The van der Waals surface area contributed by atoms with Gasteiger partial charge >= 0.3 is 0 Å². The Labute approximate surface area is 120 Å². The number of halogens is 1. The summed E-state index contributed by atoms with van der Waals surface area (Å²) < 4.78 is 13.9. The maximum Gasteiger partial charge on any atom is 0.131 e. The summed E-state index contributed by atoms with van der Waals surface area (Å²) in [6.07, 6.45) is 3.50.